The van der Waals surface area contributed by atoms with Crippen LogP contribution in [-0.2, 0) is 13.0 Å². The number of aromatic nitrogens is 2. The van der Waals surface area contributed by atoms with E-state index in [2.05, 4.69) is 40.7 Å². The first-order chi connectivity index (χ1) is 11.5. The molecule has 1 fully saturated rings. The van der Waals surface area contributed by atoms with E-state index in [9.17, 15) is 4.79 Å². The van der Waals surface area contributed by atoms with Crippen LogP contribution >= 0.6 is 0 Å². The highest BCUT2D eigenvalue weighted by Crippen LogP contribution is 2.22. The fourth-order valence-electron chi connectivity index (χ4n) is 3.37. The van der Waals surface area contributed by atoms with Gasteiger partial charge in [0.05, 0.1) is 0 Å². The number of hydrogen-bond donors (Lipinski definition) is 0. The summed E-state index contributed by atoms with van der Waals surface area (Å²) in [5, 5.41) is 0. The first kappa shape index (κ1) is 16.6. The maximum atomic E-state index is 12.1. The largest absolute Gasteiger partial charge is 0.331 e. The standard InChI is InChI=1S/C19H26N4O/c1-15-12-20-18(23(15)14-16-7-5-4-6-8-16)11-17-9-10-22(13-17)19(24)21(2)3/h4-8,12,17H,9-11,13-14H2,1-3H3. The van der Waals surface area contributed by atoms with E-state index in [-0.39, 0.29) is 6.03 Å². The monoisotopic (exact) mass is 326 g/mol. The van der Waals surface area contributed by atoms with Crippen molar-refractivity contribution in [1.29, 1.82) is 0 Å². The number of carbonyl (C=O) groups is 1. The molecule has 5 nitrogen and oxygen atoms in total. The summed E-state index contributed by atoms with van der Waals surface area (Å²) < 4.78 is 2.30. The molecule has 0 aliphatic carbocycles. The van der Waals surface area contributed by atoms with Crippen LogP contribution in [0.3, 0.4) is 0 Å². The van der Waals surface area contributed by atoms with Crippen molar-refractivity contribution in [2.24, 2.45) is 5.92 Å². The van der Waals surface area contributed by atoms with Crippen LogP contribution in [0, 0.1) is 12.8 Å². The Morgan fingerprint density at radius 2 is 2.04 bits per heavy atom. The number of urea groups is 1. The van der Waals surface area contributed by atoms with Crippen molar-refractivity contribution in [2.75, 3.05) is 27.2 Å². The average Bonchev–Trinajstić information content (AvgIpc) is 3.17. The molecule has 3 rings (SSSR count). The van der Waals surface area contributed by atoms with Gasteiger partial charge in [0.25, 0.3) is 0 Å². The van der Waals surface area contributed by atoms with E-state index in [1.165, 1.54) is 11.3 Å². The predicted octanol–water partition coefficient (Wildman–Crippen LogP) is 2.79. The number of imidazole rings is 1. The second-order valence-electron chi connectivity index (χ2n) is 6.87. The lowest BCUT2D eigenvalue weighted by atomic mass is 10.0. The summed E-state index contributed by atoms with van der Waals surface area (Å²) in [6, 6.07) is 10.6. The number of nitrogens with zero attached hydrogens (tertiary/aromatic N) is 4. The first-order valence-electron chi connectivity index (χ1n) is 8.55. The smallest absolute Gasteiger partial charge is 0.319 e. The minimum absolute atomic E-state index is 0.112. The van der Waals surface area contributed by atoms with Crippen molar-refractivity contribution >= 4 is 6.03 Å². The Morgan fingerprint density at radius 3 is 2.75 bits per heavy atom. The van der Waals surface area contributed by atoms with Crippen LogP contribution in [0.5, 0.6) is 0 Å². The van der Waals surface area contributed by atoms with Gasteiger partial charge in [0.1, 0.15) is 5.82 Å². The molecule has 2 amide bonds. The predicted molar refractivity (Wildman–Crippen MR) is 95.0 cm³/mol. The molecule has 2 heterocycles. The fraction of sp³-hybridized carbons (Fsp3) is 0.474. The van der Waals surface area contributed by atoms with Crippen molar-refractivity contribution < 1.29 is 4.79 Å². The molecular formula is C19H26N4O. The zero-order chi connectivity index (χ0) is 17.1. The maximum absolute atomic E-state index is 12.1. The van der Waals surface area contributed by atoms with Crippen LogP contribution in [0.4, 0.5) is 4.79 Å². The molecule has 2 aromatic rings. The summed E-state index contributed by atoms with van der Waals surface area (Å²) in [5.74, 6) is 1.62. The Bertz CT molecular complexity index is 693. The molecule has 0 radical (unpaired) electrons. The van der Waals surface area contributed by atoms with Gasteiger partial charge in [-0.3, -0.25) is 0 Å². The highest BCUT2D eigenvalue weighted by atomic mass is 16.2. The van der Waals surface area contributed by atoms with Gasteiger partial charge in [-0.2, -0.15) is 0 Å². The molecule has 1 saturated heterocycles. The highest BCUT2D eigenvalue weighted by molar-refractivity contribution is 5.74. The third-order valence-electron chi connectivity index (χ3n) is 4.73. The van der Waals surface area contributed by atoms with E-state index in [4.69, 9.17) is 0 Å². The minimum atomic E-state index is 0.112. The molecule has 1 atom stereocenters. The van der Waals surface area contributed by atoms with Crippen LogP contribution in [0.2, 0.25) is 0 Å². The number of benzene rings is 1. The van der Waals surface area contributed by atoms with Crippen LogP contribution in [0.1, 0.15) is 23.5 Å². The number of likely N-dealkylation sites (tertiary alicyclic amines) is 1. The quantitative estimate of drug-likeness (QED) is 0.867. The van der Waals surface area contributed by atoms with Crippen molar-refractivity contribution in [3.05, 3.63) is 53.6 Å². The van der Waals surface area contributed by atoms with E-state index < -0.39 is 0 Å². The van der Waals surface area contributed by atoms with Crippen molar-refractivity contribution in [3.8, 4) is 0 Å². The molecule has 0 N–H and O–H groups in total. The molecule has 1 aromatic carbocycles. The molecule has 1 aromatic heterocycles. The first-order valence-corrected chi connectivity index (χ1v) is 8.55. The second kappa shape index (κ2) is 7.07. The third-order valence-corrected chi connectivity index (χ3v) is 4.73. The van der Waals surface area contributed by atoms with E-state index in [0.717, 1.165) is 38.3 Å². The molecule has 0 spiro atoms. The lowest BCUT2D eigenvalue weighted by Crippen LogP contribution is -2.37. The highest BCUT2D eigenvalue weighted by Gasteiger charge is 2.28. The zero-order valence-electron chi connectivity index (χ0n) is 14.8. The van der Waals surface area contributed by atoms with Gasteiger partial charge in [-0.15, -0.1) is 0 Å². The molecule has 24 heavy (non-hydrogen) atoms. The number of amides is 2. The molecule has 5 heteroatoms. The number of aryl methyl sites for hydroxylation is 1. The second-order valence-corrected chi connectivity index (χ2v) is 6.87. The van der Waals surface area contributed by atoms with Crippen LogP contribution in [0.15, 0.2) is 36.5 Å². The van der Waals surface area contributed by atoms with E-state index in [0.29, 0.717) is 5.92 Å². The Labute approximate surface area is 143 Å². The molecular weight excluding hydrogens is 300 g/mol. The van der Waals surface area contributed by atoms with Gasteiger partial charge in [0.15, 0.2) is 0 Å². The summed E-state index contributed by atoms with van der Waals surface area (Å²) in [7, 11) is 3.62. The molecule has 128 valence electrons. The maximum Gasteiger partial charge on any atom is 0.319 e. The number of hydrogen-bond acceptors (Lipinski definition) is 2. The van der Waals surface area contributed by atoms with Crippen LogP contribution in [-0.4, -0.2) is 52.6 Å². The van der Waals surface area contributed by atoms with Crippen molar-refractivity contribution in [3.63, 3.8) is 0 Å². The summed E-state index contributed by atoms with van der Waals surface area (Å²) in [5.41, 5.74) is 2.48. The number of rotatable bonds is 4. The Hall–Kier alpha value is -2.30. The van der Waals surface area contributed by atoms with Gasteiger partial charge < -0.3 is 14.4 Å². The topological polar surface area (TPSA) is 41.4 Å². The number of carbonyl (C=O) groups excluding carboxylic acids is 1. The Morgan fingerprint density at radius 1 is 1.29 bits per heavy atom. The SMILES string of the molecule is Cc1cnc(CC2CCN(C(=O)N(C)C)C2)n1Cc1ccccc1. The van der Waals surface area contributed by atoms with Gasteiger partial charge in [-0.1, -0.05) is 30.3 Å². The molecule has 1 aliphatic heterocycles. The van der Waals surface area contributed by atoms with E-state index in [1.807, 2.05) is 31.3 Å². The lowest BCUT2D eigenvalue weighted by molar-refractivity contribution is 0.180. The van der Waals surface area contributed by atoms with Gasteiger partial charge in [-0.05, 0) is 24.8 Å². The van der Waals surface area contributed by atoms with Gasteiger partial charge >= 0.3 is 6.03 Å². The third kappa shape index (κ3) is 3.61. The van der Waals surface area contributed by atoms with E-state index in [1.54, 1.807) is 4.90 Å². The van der Waals surface area contributed by atoms with Crippen molar-refractivity contribution in [1.82, 2.24) is 19.4 Å². The normalized spacial score (nSPS) is 17.3. The van der Waals surface area contributed by atoms with E-state index >= 15 is 0 Å². The molecule has 0 saturated carbocycles. The molecule has 1 unspecified atom stereocenters. The van der Waals surface area contributed by atoms with Gasteiger partial charge in [0.2, 0.25) is 0 Å². The fourth-order valence-corrected chi connectivity index (χ4v) is 3.37. The minimum Gasteiger partial charge on any atom is -0.331 e. The Balaban J connectivity index is 1.67. The lowest BCUT2D eigenvalue weighted by Gasteiger charge is -2.21. The summed E-state index contributed by atoms with van der Waals surface area (Å²) in [4.78, 5) is 20.3. The summed E-state index contributed by atoms with van der Waals surface area (Å²) in [6.07, 6.45) is 3.94. The molecule has 1 aliphatic rings. The zero-order valence-corrected chi connectivity index (χ0v) is 14.8. The van der Waals surface area contributed by atoms with Crippen LogP contribution < -0.4 is 0 Å². The van der Waals surface area contributed by atoms with Gasteiger partial charge in [0, 0.05) is 52.0 Å². The van der Waals surface area contributed by atoms with Crippen molar-refractivity contribution in [2.45, 2.75) is 26.3 Å². The summed E-state index contributed by atoms with van der Waals surface area (Å²) in [6.45, 7) is 4.64. The average molecular weight is 326 g/mol. The van der Waals surface area contributed by atoms with Gasteiger partial charge in [-0.25, -0.2) is 9.78 Å². The molecule has 0 bridgehead atoms. The Kier molecular flexibility index (Phi) is 4.88. The van der Waals surface area contributed by atoms with Crippen LogP contribution in [0.25, 0.3) is 0 Å². The summed E-state index contributed by atoms with van der Waals surface area (Å²) >= 11 is 0.